The third-order valence-corrected chi connectivity index (χ3v) is 14.5. The normalized spacial score (nSPS) is 14.7. The number of allylic oxidation sites excluding steroid dienone is 4. The van der Waals surface area contributed by atoms with Gasteiger partial charge in [0, 0.05) is 64.5 Å². The maximum atomic E-state index is 11.2. The third-order valence-electron chi connectivity index (χ3n) is 14.1. The second kappa shape index (κ2) is 63.7. The van der Waals surface area contributed by atoms with Crippen molar-refractivity contribution in [3.05, 3.63) is 46.0 Å². The smallest absolute Gasteiger partial charge is 0.305 e. The number of phenols is 2. The van der Waals surface area contributed by atoms with E-state index in [-0.39, 0.29) is 52.2 Å². The van der Waals surface area contributed by atoms with E-state index in [2.05, 4.69) is 0 Å². The Morgan fingerprint density at radius 1 is 0.536 bits per heavy atom. The quantitative estimate of drug-likeness (QED) is 0.0206. The van der Waals surface area contributed by atoms with Crippen molar-refractivity contribution in [2.75, 3.05) is 46.2 Å². The van der Waals surface area contributed by atoms with Crippen molar-refractivity contribution in [1.82, 2.24) is 0 Å². The molecule has 2 fully saturated rings. The zero-order chi connectivity index (χ0) is 62.4. The molecule has 0 bridgehead atoms. The Kier molecular flexibility index (Phi) is 62.3. The van der Waals surface area contributed by atoms with Crippen molar-refractivity contribution in [2.45, 2.75) is 291 Å². The molecule has 0 radical (unpaired) electrons. The van der Waals surface area contributed by atoms with E-state index in [0.29, 0.717) is 62.9 Å². The lowest BCUT2D eigenvalue weighted by Crippen LogP contribution is -2.22. The second-order valence-corrected chi connectivity index (χ2v) is 22.2. The van der Waals surface area contributed by atoms with Crippen LogP contribution in [0.5, 0.6) is 11.5 Å². The molecule has 1 aromatic carbocycles. The number of hydrogen-bond donors (Lipinski definition) is 4. The van der Waals surface area contributed by atoms with Gasteiger partial charge in [-0.2, -0.15) is 0 Å². The summed E-state index contributed by atoms with van der Waals surface area (Å²) in [5.74, 6) is -0.175. The highest BCUT2D eigenvalue weighted by Crippen LogP contribution is 2.40. The van der Waals surface area contributed by atoms with E-state index in [0.717, 1.165) is 180 Å². The summed E-state index contributed by atoms with van der Waals surface area (Å²) >= 11 is 6.04. The maximum Gasteiger partial charge on any atom is 0.305 e. The van der Waals surface area contributed by atoms with Gasteiger partial charge in [0.25, 0.3) is 0 Å². The number of halogens is 1. The predicted molar refractivity (Wildman–Crippen MR) is 338 cm³/mol. The summed E-state index contributed by atoms with van der Waals surface area (Å²) in [4.78, 5) is 63.5. The van der Waals surface area contributed by atoms with Crippen molar-refractivity contribution < 1.29 is 72.9 Å². The molecule has 1 aromatic rings. The molecule has 0 aliphatic carbocycles. The Balaban J connectivity index is 0. The highest BCUT2D eigenvalue weighted by molar-refractivity contribution is 6.33. The number of phenolic OH excluding ortho intramolecular Hbond substituents is 2. The van der Waals surface area contributed by atoms with Gasteiger partial charge in [0.05, 0.1) is 17.2 Å². The van der Waals surface area contributed by atoms with Crippen LogP contribution < -0.4 is 0 Å². The Bertz CT molecular complexity index is 1780. The molecule has 16 heteroatoms. The Morgan fingerprint density at radius 2 is 0.929 bits per heavy atom. The van der Waals surface area contributed by atoms with Crippen LogP contribution in [0.15, 0.2) is 24.3 Å². The van der Waals surface area contributed by atoms with Gasteiger partial charge in [0.15, 0.2) is 30.4 Å². The first-order chi connectivity index (χ1) is 40.8. The van der Waals surface area contributed by atoms with Crippen LogP contribution in [-0.2, 0) is 54.1 Å². The Morgan fingerprint density at radius 3 is 1.31 bits per heavy atom. The van der Waals surface area contributed by atoms with Crippen molar-refractivity contribution in [2.24, 2.45) is 0 Å². The first-order valence-corrected chi connectivity index (χ1v) is 33.0. The number of ketones is 2. The summed E-state index contributed by atoms with van der Waals surface area (Å²) in [5, 5.41) is 37.3. The lowest BCUT2D eigenvalue weighted by Gasteiger charge is -2.22. The predicted octanol–water partition coefficient (Wildman–Crippen LogP) is 16.2. The number of ether oxygens (including phenoxy) is 5. The number of carbonyl (C=O) groups is 6. The van der Waals surface area contributed by atoms with Gasteiger partial charge in [-0.15, -0.1) is 0 Å². The lowest BCUT2D eigenvalue weighted by atomic mass is 9.98. The SMILES string of the molecule is CC(=O)/C=C/CCCCCCC=O.CC(=O)/C=C/CCCCCCCOC1CCCCO1.CCOC(=O)CCCCCCCCCc1c(O)c(Cl)c(C)c(C=O)c1O.O=CCCCCCCCOC1CCCCO1.OCCCCCCCCO. The summed E-state index contributed by atoms with van der Waals surface area (Å²) in [5.41, 5.74) is 0.879. The number of rotatable bonds is 46. The topological polar surface area (TPSA) is 229 Å². The van der Waals surface area contributed by atoms with Crippen LogP contribution in [-0.4, -0.2) is 116 Å². The molecule has 3 rings (SSSR count). The first kappa shape index (κ1) is 82.2. The Hall–Kier alpha value is -3.83. The number of aliphatic hydroxyl groups excluding tert-OH is 2. The first-order valence-electron chi connectivity index (χ1n) is 32.6. The standard InChI is InChI=1S/C20H29ClO5.C16H28O3.C13H24O3.C11H18O2.C8H18O2/c1-3-26-17(23)12-10-8-6-4-5-7-9-11-15-19(24)16(13-22)14(2)18(21)20(15)25;1-15(17)11-7-5-3-2-4-6-9-13-18-16-12-8-10-14-19-16;14-10-6-3-1-2-4-7-11-15-13-9-5-8-12-16-13;1-11(13)9-7-5-3-2-4-6-8-10-12;9-7-5-3-1-2-4-6-8-10/h13,24-25H,3-12H2,1-2H3;7,11,16H,2-6,8-10,12-14H2,1H3;10,13H,1-9,11-12H2;7,9-10H,2-6,8H2,1H3;9-10H,1-8H2/b;11-7+;;9-7+;. The largest absolute Gasteiger partial charge is 0.507 e. The van der Waals surface area contributed by atoms with Crippen molar-refractivity contribution in [1.29, 1.82) is 0 Å². The van der Waals surface area contributed by atoms with Gasteiger partial charge in [-0.3, -0.25) is 19.2 Å². The molecule has 84 heavy (non-hydrogen) atoms. The molecule has 2 atom stereocenters. The number of aliphatic hydroxyl groups is 2. The Labute approximate surface area is 513 Å². The monoisotopic (exact) mass is 1210 g/mol. The molecule has 0 saturated carbocycles. The average Bonchev–Trinajstić information content (AvgIpc) is 3.68. The number of aldehydes is 3. The van der Waals surface area contributed by atoms with E-state index in [1.165, 1.54) is 83.5 Å². The fourth-order valence-corrected chi connectivity index (χ4v) is 9.31. The molecule has 2 aliphatic heterocycles. The van der Waals surface area contributed by atoms with E-state index >= 15 is 0 Å². The van der Waals surface area contributed by atoms with E-state index in [1.807, 2.05) is 19.1 Å². The molecule has 15 nitrogen and oxygen atoms in total. The fourth-order valence-electron chi connectivity index (χ4n) is 9.09. The molecule has 0 amide bonds. The molecular formula is C68H117ClO15. The maximum absolute atomic E-state index is 11.2. The molecule has 2 aliphatic rings. The highest BCUT2D eigenvalue weighted by Gasteiger charge is 2.20. The van der Waals surface area contributed by atoms with E-state index in [9.17, 15) is 39.0 Å². The number of benzene rings is 1. The molecule has 2 saturated heterocycles. The van der Waals surface area contributed by atoms with Crippen LogP contribution >= 0.6 is 11.6 Å². The summed E-state index contributed by atoms with van der Waals surface area (Å²) in [6, 6.07) is 0. The molecule has 2 unspecified atom stereocenters. The summed E-state index contributed by atoms with van der Waals surface area (Å²) in [6.45, 7) is 11.0. The van der Waals surface area contributed by atoms with Gasteiger partial charge in [-0.25, -0.2) is 0 Å². The number of unbranched alkanes of at least 4 members (excludes halogenated alkanes) is 26. The average molecular weight is 1210 g/mol. The molecule has 4 N–H and O–H groups in total. The van der Waals surface area contributed by atoms with Crippen molar-refractivity contribution in [3.8, 4) is 11.5 Å². The number of hydrogen-bond acceptors (Lipinski definition) is 15. The van der Waals surface area contributed by atoms with Crippen LogP contribution in [0.4, 0.5) is 0 Å². The van der Waals surface area contributed by atoms with Gasteiger partial charge in [-0.1, -0.05) is 133 Å². The van der Waals surface area contributed by atoms with Crippen LogP contribution in [0, 0.1) is 6.92 Å². The zero-order valence-corrected chi connectivity index (χ0v) is 53.6. The van der Waals surface area contributed by atoms with E-state index in [1.54, 1.807) is 32.9 Å². The van der Waals surface area contributed by atoms with Crippen LogP contribution in [0.3, 0.4) is 0 Å². The van der Waals surface area contributed by atoms with Crippen LogP contribution in [0.25, 0.3) is 0 Å². The van der Waals surface area contributed by atoms with Crippen LogP contribution in [0.1, 0.15) is 286 Å². The van der Waals surface area contributed by atoms with Gasteiger partial charge >= 0.3 is 5.97 Å². The molecule has 0 spiro atoms. The molecule has 2 heterocycles. The minimum atomic E-state index is -0.168. The molecular weight excluding hydrogens is 1090 g/mol. The fraction of sp³-hybridized carbons (Fsp3) is 0.765. The molecule has 0 aromatic heterocycles. The summed E-state index contributed by atoms with van der Waals surface area (Å²) in [7, 11) is 0. The van der Waals surface area contributed by atoms with E-state index < -0.39 is 0 Å². The van der Waals surface area contributed by atoms with Crippen molar-refractivity contribution in [3.63, 3.8) is 0 Å². The zero-order valence-electron chi connectivity index (χ0n) is 52.9. The number of esters is 1. The van der Waals surface area contributed by atoms with Crippen LogP contribution in [0.2, 0.25) is 5.02 Å². The number of carbonyl (C=O) groups excluding carboxylic acids is 6. The van der Waals surface area contributed by atoms with Gasteiger partial charge in [0.1, 0.15) is 24.1 Å². The van der Waals surface area contributed by atoms with Gasteiger partial charge in [0.2, 0.25) is 0 Å². The summed E-state index contributed by atoms with van der Waals surface area (Å²) < 4.78 is 27.2. The van der Waals surface area contributed by atoms with E-state index in [4.69, 9.17) is 45.5 Å². The molecule has 486 valence electrons. The minimum absolute atomic E-state index is 0.0591. The highest BCUT2D eigenvalue weighted by atomic mass is 35.5. The van der Waals surface area contributed by atoms with Gasteiger partial charge < -0.3 is 53.7 Å². The number of aromatic hydroxyl groups is 2. The third kappa shape index (κ3) is 53.6. The van der Waals surface area contributed by atoms with Gasteiger partial charge in [-0.05, 0) is 167 Å². The minimum Gasteiger partial charge on any atom is -0.507 e. The second-order valence-electron chi connectivity index (χ2n) is 21.8. The lowest BCUT2D eigenvalue weighted by molar-refractivity contribution is -0.163. The summed E-state index contributed by atoms with van der Waals surface area (Å²) in [6.07, 6.45) is 50.6. The van der Waals surface area contributed by atoms with Crippen molar-refractivity contribution >= 4 is 48.0 Å².